The molecule has 1 aromatic carbocycles. The Hall–Kier alpha value is -0.960. The third kappa shape index (κ3) is 3.99. The monoisotopic (exact) mass is 195 g/mol. The summed E-state index contributed by atoms with van der Waals surface area (Å²) in [7, 11) is 0. The maximum Gasteiger partial charge on any atom is 0.218 e. The molecule has 0 fully saturated rings. The predicted molar refractivity (Wildman–Crippen MR) is 55.6 cm³/mol. The van der Waals surface area contributed by atoms with Crippen LogP contribution in [0.3, 0.4) is 0 Å². The van der Waals surface area contributed by atoms with Gasteiger partial charge in [0.1, 0.15) is 0 Å². The maximum absolute atomic E-state index is 10.6. The van der Waals surface area contributed by atoms with E-state index in [-0.39, 0.29) is 11.2 Å². The Morgan fingerprint density at radius 1 is 1.46 bits per heavy atom. The van der Waals surface area contributed by atoms with Gasteiger partial charge in [0.15, 0.2) is 0 Å². The van der Waals surface area contributed by atoms with Crippen molar-refractivity contribution in [2.45, 2.75) is 23.5 Å². The SMILES string of the molecule is CC(CC(N)=O)Sc1ccccc1. The average Bonchev–Trinajstić information content (AvgIpc) is 2.04. The van der Waals surface area contributed by atoms with Crippen LogP contribution in [0.2, 0.25) is 0 Å². The zero-order valence-electron chi connectivity index (χ0n) is 7.57. The number of amides is 1. The molecule has 0 bridgehead atoms. The van der Waals surface area contributed by atoms with Crippen LogP contribution >= 0.6 is 11.8 Å². The third-order valence-electron chi connectivity index (χ3n) is 1.57. The number of thioether (sulfide) groups is 1. The van der Waals surface area contributed by atoms with Crippen LogP contribution in [0.15, 0.2) is 35.2 Å². The maximum atomic E-state index is 10.6. The first-order valence-electron chi connectivity index (χ1n) is 4.18. The molecular formula is C10H13NOS. The van der Waals surface area contributed by atoms with Crippen LogP contribution in [0.1, 0.15) is 13.3 Å². The van der Waals surface area contributed by atoms with Crippen LogP contribution in [0.5, 0.6) is 0 Å². The van der Waals surface area contributed by atoms with Crippen molar-refractivity contribution in [2.75, 3.05) is 0 Å². The number of hydrogen-bond donors (Lipinski definition) is 1. The molecule has 0 spiro atoms. The largest absolute Gasteiger partial charge is 0.370 e. The molecule has 1 unspecified atom stereocenters. The van der Waals surface area contributed by atoms with Crippen molar-refractivity contribution in [3.63, 3.8) is 0 Å². The first-order chi connectivity index (χ1) is 6.18. The smallest absolute Gasteiger partial charge is 0.218 e. The lowest BCUT2D eigenvalue weighted by atomic mass is 10.3. The summed E-state index contributed by atoms with van der Waals surface area (Å²) >= 11 is 1.67. The van der Waals surface area contributed by atoms with Gasteiger partial charge in [0, 0.05) is 16.6 Å². The molecule has 1 aromatic rings. The third-order valence-corrected chi connectivity index (χ3v) is 2.68. The number of primary amides is 1. The minimum Gasteiger partial charge on any atom is -0.370 e. The lowest BCUT2D eigenvalue weighted by Gasteiger charge is -2.07. The molecule has 2 N–H and O–H groups in total. The second-order valence-electron chi connectivity index (χ2n) is 2.91. The van der Waals surface area contributed by atoms with E-state index in [1.807, 2.05) is 37.3 Å². The molecule has 13 heavy (non-hydrogen) atoms. The Bertz CT molecular complexity index is 274. The number of carbonyl (C=O) groups is 1. The molecule has 0 heterocycles. The van der Waals surface area contributed by atoms with Crippen molar-refractivity contribution < 1.29 is 4.79 Å². The van der Waals surface area contributed by atoms with Crippen molar-refractivity contribution >= 4 is 17.7 Å². The van der Waals surface area contributed by atoms with Gasteiger partial charge in [-0.3, -0.25) is 4.79 Å². The molecule has 70 valence electrons. The summed E-state index contributed by atoms with van der Waals surface area (Å²) in [6.45, 7) is 2.00. The average molecular weight is 195 g/mol. The minimum absolute atomic E-state index is 0.240. The van der Waals surface area contributed by atoms with Crippen LogP contribution in [0.4, 0.5) is 0 Å². The molecule has 2 nitrogen and oxygen atoms in total. The van der Waals surface area contributed by atoms with Gasteiger partial charge in [0.2, 0.25) is 5.91 Å². The molecule has 1 amide bonds. The van der Waals surface area contributed by atoms with Gasteiger partial charge in [-0.05, 0) is 12.1 Å². The Labute approximate surface area is 82.5 Å². The molecule has 1 atom stereocenters. The highest BCUT2D eigenvalue weighted by Gasteiger charge is 2.06. The molecule has 0 aromatic heterocycles. The topological polar surface area (TPSA) is 43.1 Å². The summed E-state index contributed by atoms with van der Waals surface area (Å²) in [6.07, 6.45) is 0.430. The number of carbonyl (C=O) groups excluding carboxylic acids is 1. The van der Waals surface area contributed by atoms with Gasteiger partial charge in [-0.2, -0.15) is 0 Å². The Balaban J connectivity index is 2.45. The van der Waals surface area contributed by atoms with Crippen molar-refractivity contribution in [2.24, 2.45) is 5.73 Å². The summed E-state index contributed by atoms with van der Waals surface area (Å²) < 4.78 is 0. The van der Waals surface area contributed by atoms with Crippen LogP contribution in [-0.2, 0) is 4.79 Å². The van der Waals surface area contributed by atoms with Gasteiger partial charge in [-0.15, -0.1) is 11.8 Å². The highest BCUT2D eigenvalue weighted by Crippen LogP contribution is 2.24. The standard InChI is InChI=1S/C10H13NOS/c1-8(7-10(11)12)13-9-5-3-2-4-6-9/h2-6,8H,7H2,1H3,(H2,11,12). The number of benzene rings is 1. The molecule has 0 aliphatic heterocycles. The lowest BCUT2D eigenvalue weighted by molar-refractivity contribution is -0.117. The second kappa shape index (κ2) is 4.92. The fraction of sp³-hybridized carbons (Fsp3) is 0.300. The molecule has 0 aliphatic carbocycles. The zero-order chi connectivity index (χ0) is 9.68. The fourth-order valence-corrected chi connectivity index (χ4v) is 2.08. The van der Waals surface area contributed by atoms with Crippen molar-refractivity contribution in [3.05, 3.63) is 30.3 Å². The highest BCUT2D eigenvalue weighted by molar-refractivity contribution is 8.00. The first kappa shape index (κ1) is 10.1. The van der Waals surface area contributed by atoms with E-state index in [1.165, 1.54) is 4.90 Å². The van der Waals surface area contributed by atoms with Crippen LogP contribution < -0.4 is 5.73 Å². The van der Waals surface area contributed by atoms with E-state index in [4.69, 9.17) is 5.73 Å². The van der Waals surface area contributed by atoms with Gasteiger partial charge in [-0.25, -0.2) is 0 Å². The van der Waals surface area contributed by atoms with E-state index in [2.05, 4.69) is 0 Å². The van der Waals surface area contributed by atoms with Crippen molar-refractivity contribution in [3.8, 4) is 0 Å². The Morgan fingerprint density at radius 2 is 2.08 bits per heavy atom. The van der Waals surface area contributed by atoms with E-state index in [9.17, 15) is 4.79 Å². The molecule has 0 saturated heterocycles. The number of hydrogen-bond acceptors (Lipinski definition) is 2. The highest BCUT2D eigenvalue weighted by atomic mass is 32.2. The van der Waals surface area contributed by atoms with Gasteiger partial charge in [-0.1, -0.05) is 25.1 Å². The van der Waals surface area contributed by atoms with Crippen LogP contribution in [-0.4, -0.2) is 11.2 Å². The number of nitrogens with two attached hydrogens (primary N) is 1. The summed E-state index contributed by atoms with van der Waals surface area (Å²) in [6, 6.07) is 10.0. The lowest BCUT2D eigenvalue weighted by Crippen LogP contribution is -2.15. The molecule has 0 saturated carbocycles. The normalized spacial score (nSPS) is 12.4. The van der Waals surface area contributed by atoms with E-state index in [0.29, 0.717) is 6.42 Å². The van der Waals surface area contributed by atoms with Crippen LogP contribution in [0, 0.1) is 0 Å². The van der Waals surface area contributed by atoms with Gasteiger partial charge in [0.25, 0.3) is 0 Å². The molecule has 0 aliphatic rings. The van der Waals surface area contributed by atoms with E-state index in [0.717, 1.165) is 0 Å². The number of rotatable bonds is 4. The molecule has 3 heteroatoms. The van der Waals surface area contributed by atoms with Crippen molar-refractivity contribution in [1.29, 1.82) is 0 Å². The Morgan fingerprint density at radius 3 is 2.62 bits per heavy atom. The van der Waals surface area contributed by atoms with E-state index < -0.39 is 0 Å². The quantitative estimate of drug-likeness (QED) is 0.747. The predicted octanol–water partition coefficient (Wildman–Crippen LogP) is 2.04. The Kier molecular flexibility index (Phi) is 3.83. The van der Waals surface area contributed by atoms with E-state index >= 15 is 0 Å². The molecule has 1 rings (SSSR count). The fourth-order valence-electron chi connectivity index (χ4n) is 1.06. The van der Waals surface area contributed by atoms with Gasteiger partial charge >= 0.3 is 0 Å². The van der Waals surface area contributed by atoms with Gasteiger partial charge < -0.3 is 5.73 Å². The summed E-state index contributed by atoms with van der Waals surface area (Å²) in [5, 5.41) is 0.250. The molecular weight excluding hydrogens is 182 g/mol. The molecule has 0 radical (unpaired) electrons. The first-order valence-corrected chi connectivity index (χ1v) is 5.06. The zero-order valence-corrected chi connectivity index (χ0v) is 8.38. The summed E-state index contributed by atoms with van der Waals surface area (Å²) in [4.78, 5) is 11.8. The summed E-state index contributed by atoms with van der Waals surface area (Å²) in [5.41, 5.74) is 5.09. The van der Waals surface area contributed by atoms with Crippen molar-refractivity contribution in [1.82, 2.24) is 0 Å². The second-order valence-corrected chi connectivity index (χ2v) is 4.42. The van der Waals surface area contributed by atoms with Gasteiger partial charge in [0.05, 0.1) is 0 Å². The van der Waals surface area contributed by atoms with Crippen LogP contribution in [0.25, 0.3) is 0 Å². The minimum atomic E-state index is -0.240. The summed E-state index contributed by atoms with van der Waals surface area (Å²) in [5.74, 6) is -0.240. The van der Waals surface area contributed by atoms with E-state index in [1.54, 1.807) is 11.8 Å².